The molecule has 18 heavy (non-hydrogen) atoms. The van der Waals surface area contributed by atoms with Crippen LogP contribution in [0.5, 0.6) is 0 Å². The average Bonchev–Trinajstić information content (AvgIpc) is 2.64. The van der Waals surface area contributed by atoms with Gasteiger partial charge < -0.3 is 5.32 Å². The number of hydrogen-bond donors (Lipinski definition) is 1. The number of hydrogen-bond acceptors (Lipinski definition) is 3. The van der Waals surface area contributed by atoms with Crippen LogP contribution in [-0.2, 0) is 9.59 Å². The van der Waals surface area contributed by atoms with Crippen LogP contribution in [0.3, 0.4) is 0 Å². The molecule has 4 nitrogen and oxygen atoms in total. The van der Waals surface area contributed by atoms with Crippen LogP contribution in [0.15, 0.2) is 30.3 Å². The average molecular weight is 246 g/mol. The quantitative estimate of drug-likeness (QED) is 0.809. The molecule has 2 amide bonds. The van der Waals surface area contributed by atoms with Crippen molar-refractivity contribution in [2.75, 3.05) is 11.9 Å². The summed E-state index contributed by atoms with van der Waals surface area (Å²) in [7, 11) is 0. The van der Waals surface area contributed by atoms with Crippen molar-refractivity contribution in [1.29, 1.82) is 0 Å². The highest BCUT2D eigenvalue weighted by Crippen LogP contribution is 2.18. The topological polar surface area (TPSA) is 49.4 Å². The first-order valence-corrected chi connectivity index (χ1v) is 6.38. The lowest BCUT2D eigenvalue weighted by molar-refractivity contribution is -0.138. The van der Waals surface area contributed by atoms with Crippen LogP contribution in [0.2, 0.25) is 0 Å². The second kappa shape index (κ2) is 5.67. The van der Waals surface area contributed by atoms with Crippen molar-refractivity contribution < 1.29 is 9.59 Å². The fourth-order valence-corrected chi connectivity index (χ4v) is 2.08. The minimum atomic E-state index is -0.406. The van der Waals surface area contributed by atoms with Gasteiger partial charge in [-0.15, -0.1) is 0 Å². The van der Waals surface area contributed by atoms with Gasteiger partial charge in [-0.25, -0.2) is 0 Å². The van der Waals surface area contributed by atoms with E-state index >= 15 is 0 Å². The van der Waals surface area contributed by atoms with E-state index in [0.29, 0.717) is 6.54 Å². The van der Waals surface area contributed by atoms with E-state index in [2.05, 4.69) is 5.32 Å². The van der Waals surface area contributed by atoms with E-state index in [1.807, 2.05) is 37.3 Å². The fraction of sp³-hybridized carbons (Fsp3) is 0.429. The Morgan fingerprint density at radius 2 is 2.00 bits per heavy atom. The Morgan fingerprint density at radius 1 is 1.28 bits per heavy atom. The van der Waals surface area contributed by atoms with Crippen LogP contribution >= 0.6 is 0 Å². The number of likely N-dealkylation sites (tertiary alicyclic amines) is 1. The number of anilines is 1. The first-order chi connectivity index (χ1) is 8.72. The third-order valence-corrected chi connectivity index (χ3v) is 3.09. The van der Waals surface area contributed by atoms with Gasteiger partial charge in [-0.1, -0.05) is 31.5 Å². The van der Waals surface area contributed by atoms with Crippen LogP contribution in [-0.4, -0.2) is 29.3 Å². The van der Waals surface area contributed by atoms with Gasteiger partial charge in [0.15, 0.2) is 0 Å². The molecule has 0 saturated carbocycles. The van der Waals surface area contributed by atoms with E-state index in [-0.39, 0.29) is 18.2 Å². The van der Waals surface area contributed by atoms with Crippen LogP contribution in [0.25, 0.3) is 0 Å². The van der Waals surface area contributed by atoms with Crippen LogP contribution in [0, 0.1) is 0 Å². The smallest absolute Gasteiger partial charge is 0.252 e. The molecular formula is C14H18N2O2. The van der Waals surface area contributed by atoms with Gasteiger partial charge in [0.2, 0.25) is 5.91 Å². The number of carbonyl (C=O) groups is 2. The summed E-state index contributed by atoms with van der Waals surface area (Å²) in [5, 5.41) is 3.12. The Hall–Kier alpha value is -1.84. The predicted molar refractivity (Wildman–Crippen MR) is 70.1 cm³/mol. The standard InChI is InChI=1S/C14H18N2O2/c1-2-3-9-16-13(17)10-12(14(16)18)15-11-7-5-4-6-8-11/h4-8,12,15H,2-3,9-10H2,1H3. The summed E-state index contributed by atoms with van der Waals surface area (Å²) >= 11 is 0. The predicted octanol–water partition coefficient (Wildman–Crippen LogP) is 2.03. The molecule has 96 valence electrons. The molecule has 0 radical (unpaired) electrons. The SMILES string of the molecule is CCCCN1C(=O)CC(Nc2ccccc2)C1=O. The van der Waals surface area contributed by atoms with E-state index in [0.717, 1.165) is 18.5 Å². The minimum absolute atomic E-state index is 0.0677. The fourth-order valence-electron chi connectivity index (χ4n) is 2.08. The molecule has 1 fully saturated rings. The van der Waals surface area contributed by atoms with Gasteiger partial charge in [0.25, 0.3) is 5.91 Å². The summed E-state index contributed by atoms with van der Waals surface area (Å²) in [6.07, 6.45) is 2.11. The third-order valence-electron chi connectivity index (χ3n) is 3.09. The van der Waals surface area contributed by atoms with Crippen molar-refractivity contribution in [2.45, 2.75) is 32.2 Å². The molecule has 1 heterocycles. The lowest BCUT2D eigenvalue weighted by Crippen LogP contribution is -2.35. The number of para-hydroxylation sites is 1. The Morgan fingerprint density at radius 3 is 2.67 bits per heavy atom. The number of rotatable bonds is 5. The monoisotopic (exact) mass is 246 g/mol. The molecule has 1 N–H and O–H groups in total. The molecule has 2 rings (SSSR count). The van der Waals surface area contributed by atoms with Crippen molar-refractivity contribution in [2.24, 2.45) is 0 Å². The van der Waals surface area contributed by atoms with E-state index in [1.165, 1.54) is 4.90 Å². The van der Waals surface area contributed by atoms with Crippen molar-refractivity contribution in [3.05, 3.63) is 30.3 Å². The second-order valence-corrected chi connectivity index (χ2v) is 4.50. The summed E-state index contributed by atoms with van der Waals surface area (Å²) in [4.78, 5) is 25.2. The molecule has 0 bridgehead atoms. The first kappa shape index (κ1) is 12.6. The molecule has 1 unspecified atom stereocenters. The number of nitrogens with zero attached hydrogens (tertiary/aromatic N) is 1. The van der Waals surface area contributed by atoms with E-state index < -0.39 is 6.04 Å². The number of imide groups is 1. The van der Waals surface area contributed by atoms with E-state index in [9.17, 15) is 9.59 Å². The number of amides is 2. The Bertz CT molecular complexity index is 431. The van der Waals surface area contributed by atoms with Crippen molar-refractivity contribution in [3.63, 3.8) is 0 Å². The van der Waals surface area contributed by atoms with Gasteiger partial charge >= 0.3 is 0 Å². The summed E-state index contributed by atoms with van der Waals surface area (Å²) in [5.74, 6) is -0.167. The number of nitrogens with one attached hydrogen (secondary N) is 1. The van der Waals surface area contributed by atoms with E-state index in [1.54, 1.807) is 0 Å². The van der Waals surface area contributed by atoms with Crippen LogP contribution in [0.1, 0.15) is 26.2 Å². The highest BCUT2D eigenvalue weighted by molar-refractivity contribution is 6.06. The summed E-state index contributed by atoms with van der Waals surface area (Å²) in [6, 6.07) is 9.10. The lowest BCUT2D eigenvalue weighted by Gasteiger charge is -2.15. The molecule has 0 aromatic heterocycles. The van der Waals surface area contributed by atoms with Gasteiger partial charge in [-0.05, 0) is 18.6 Å². The van der Waals surface area contributed by atoms with Gasteiger partial charge in [0.1, 0.15) is 6.04 Å². The summed E-state index contributed by atoms with van der Waals surface area (Å²) in [6.45, 7) is 2.59. The zero-order chi connectivity index (χ0) is 13.0. The molecule has 1 aliphatic heterocycles. The molecule has 1 aliphatic rings. The Labute approximate surface area is 107 Å². The zero-order valence-corrected chi connectivity index (χ0v) is 10.6. The molecule has 1 aromatic carbocycles. The summed E-state index contributed by atoms with van der Waals surface area (Å²) in [5.41, 5.74) is 0.876. The number of carbonyl (C=O) groups excluding carboxylic acids is 2. The number of unbranched alkanes of at least 4 members (excludes halogenated alkanes) is 1. The van der Waals surface area contributed by atoms with E-state index in [4.69, 9.17) is 0 Å². The first-order valence-electron chi connectivity index (χ1n) is 6.38. The highest BCUT2D eigenvalue weighted by atomic mass is 16.2. The van der Waals surface area contributed by atoms with Crippen molar-refractivity contribution in [3.8, 4) is 0 Å². The minimum Gasteiger partial charge on any atom is -0.373 e. The van der Waals surface area contributed by atoms with Gasteiger partial charge in [0, 0.05) is 12.2 Å². The molecule has 0 aliphatic carbocycles. The van der Waals surface area contributed by atoms with Gasteiger partial charge in [0.05, 0.1) is 6.42 Å². The normalized spacial score (nSPS) is 19.4. The van der Waals surface area contributed by atoms with Crippen LogP contribution in [0.4, 0.5) is 5.69 Å². The molecule has 1 aromatic rings. The van der Waals surface area contributed by atoms with Gasteiger partial charge in [-0.2, -0.15) is 0 Å². The molecular weight excluding hydrogens is 228 g/mol. The maximum atomic E-state index is 12.1. The van der Waals surface area contributed by atoms with Crippen molar-refractivity contribution >= 4 is 17.5 Å². The number of benzene rings is 1. The van der Waals surface area contributed by atoms with Crippen LogP contribution < -0.4 is 5.32 Å². The molecule has 1 atom stereocenters. The molecule has 0 spiro atoms. The lowest BCUT2D eigenvalue weighted by atomic mass is 10.2. The molecule has 1 saturated heterocycles. The Kier molecular flexibility index (Phi) is 3.97. The third kappa shape index (κ3) is 2.70. The second-order valence-electron chi connectivity index (χ2n) is 4.50. The molecule has 4 heteroatoms. The highest BCUT2D eigenvalue weighted by Gasteiger charge is 2.37. The maximum Gasteiger partial charge on any atom is 0.252 e. The maximum absolute atomic E-state index is 12.1. The summed E-state index contributed by atoms with van der Waals surface area (Å²) < 4.78 is 0. The zero-order valence-electron chi connectivity index (χ0n) is 10.6. The largest absolute Gasteiger partial charge is 0.373 e. The van der Waals surface area contributed by atoms with Gasteiger partial charge in [-0.3, -0.25) is 14.5 Å². The van der Waals surface area contributed by atoms with Crippen molar-refractivity contribution in [1.82, 2.24) is 4.90 Å². The Balaban J connectivity index is 1.99.